The molecule has 0 bridgehead atoms. The Morgan fingerprint density at radius 1 is 1.71 bits per heavy atom. The number of nitrogens with one attached hydrogen (secondary N) is 2. The van der Waals surface area contributed by atoms with E-state index in [0.717, 1.165) is 11.8 Å². The Labute approximate surface area is 84.4 Å². The van der Waals surface area contributed by atoms with Gasteiger partial charge >= 0.3 is 5.97 Å². The Kier molecular flexibility index (Phi) is 3.34. The molecule has 1 saturated heterocycles. The first-order valence-electron chi connectivity index (χ1n) is 3.97. The number of carboxylic acids is 1. The van der Waals surface area contributed by atoms with Crippen LogP contribution < -0.4 is 10.6 Å². The lowest BCUT2D eigenvalue weighted by Crippen LogP contribution is -2.48. The third kappa shape index (κ3) is 2.63. The summed E-state index contributed by atoms with van der Waals surface area (Å²) < 4.78 is 0. The summed E-state index contributed by atoms with van der Waals surface area (Å²) in [7, 11) is 0. The van der Waals surface area contributed by atoms with Crippen LogP contribution in [0.5, 0.6) is 0 Å². The minimum absolute atomic E-state index is 0.256. The van der Waals surface area contributed by atoms with Gasteiger partial charge in [-0.2, -0.15) is 0 Å². The quantitative estimate of drug-likeness (QED) is 0.588. The Morgan fingerprint density at radius 2 is 2.36 bits per heavy atom. The molecule has 0 radical (unpaired) electrons. The molecule has 2 atom stereocenters. The zero-order chi connectivity index (χ0) is 10.7. The molecule has 0 aliphatic carbocycles. The van der Waals surface area contributed by atoms with Crippen molar-refractivity contribution in [3.8, 4) is 0 Å². The minimum Gasteiger partial charge on any atom is -0.480 e. The largest absolute Gasteiger partial charge is 0.480 e. The lowest BCUT2D eigenvalue weighted by molar-refractivity contribution is -0.141. The maximum atomic E-state index is 11.3. The van der Waals surface area contributed by atoms with Crippen molar-refractivity contribution >= 4 is 28.9 Å². The third-order valence-corrected chi connectivity index (χ3v) is 2.60. The highest BCUT2D eigenvalue weighted by Crippen LogP contribution is 2.12. The second-order valence-corrected chi connectivity index (χ2v) is 3.86. The van der Waals surface area contributed by atoms with Crippen molar-refractivity contribution in [3.63, 3.8) is 0 Å². The van der Waals surface area contributed by atoms with Crippen LogP contribution in [0.4, 0.5) is 4.79 Å². The van der Waals surface area contributed by atoms with Crippen molar-refractivity contribution < 1.29 is 19.5 Å². The van der Waals surface area contributed by atoms with Gasteiger partial charge in [-0.15, -0.1) is 0 Å². The van der Waals surface area contributed by atoms with Crippen LogP contribution in [0, 0.1) is 0 Å². The highest BCUT2D eigenvalue weighted by Gasteiger charge is 2.29. The first-order chi connectivity index (χ1) is 6.50. The van der Waals surface area contributed by atoms with Gasteiger partial charge in [0.1, 0.15) is 12.1 Å². The van der Waals surface area contributed by atoms with Crippen LogP contribution in [0.3, 0.4) is 0 Å². The van der Waals surface area contributed by atoms with Crippen molar-refractivity contribution in [3.05, 3.63) is 0 Å². The number of amides is 2. The van der Waals surface area contributed by atoms with Gasteiger partial charge in [0.15, 0.2) is 0 Å². The number of aliphatic carboxylic acids is 1. The van der Waals surface area contributed by atoms with Gasteiger partial charge in [-0.3, -0.25) is 14.4 Å². The third-order valence-electron chi connectivity index (χ3n) is 1.72. The van der Waals surface area contributed by atoms with Crippen LogP contribution in [0.2, 0.25) is 0 Å². The summed E-state index contributed by atoms with van der Waals surface area (Å²) in [4.78, 5) is 32.4. The molecule has 1 rings (SSSR count). The van der Waals surface area contributed by atoms with Crippen LogP contribution in [0.1, 0.15) is 6.92 Å². The van der Waals surface area contributed by atoms with Gasteiger partial charge in [0.25, 0.3) is 5.24 Å². The fourth-order valence-electron chi connectivity index (χ4n) is 0.902. The van der Waals surface area contributed by atoms with Crippen LogP contribution in [-0.2, 0) is 9.59 Å². The average molecular weight is 218 g/mol. The van der Waals surface area contributed by atoms with Gasteiger partial charge in [0.05, 0.1) is 0 Å². The van der Waals surface area contributed by atoms with Gasteiger partial charge in [0, 0.05) is 5.75 Å². The van der Waals surface area contributed by atoms with Crippen LogP contribution in [0.25, 0.3) is 0 Å². The summed E-state index contributed by atoms with van der Waals surface area (Å²) in [5.74, 6) is -1.22. The molecule has 0 aromatic carbocycles. The smallest absolute Gasteiger partial charge is 0.325 e. The first-order valence-corrected chi connectivity index (χ1v) is 4.95. The van der Waals surface area contributed by atoms with Crippen LogP contribution in [-0.4, -0.2) is 40.1 Å². The number of hydrogen-bond acceptors (Lipinski definition) is 4. The number of thioether (sulfide) groups is 1. The summed E-state index contributed by atoms with van der Waals surface area (Å²) >= 11 is 1.01. The van der Waals surface area contributed by atoms with Gasteiger partial charge in [-0.1, -0.05) is 11.8 Å². The highest BCUT2D eigenvalue weighted by molar-refractivity contribution is 8.14. The minimum atomic E-state index is -1.10. The second kappa shape index (κ2) is 4.32. The van der Waals surface area contributed by atoms with E-state index >= 15 is 0 Å². The number of carbonyl (C=O) groups is 3. The van der Waals surface area contributed by atoms with Gasteiger partial charge in [-0.05, 0) is 6.92 Å². The number of carboxylic acid groups (broad SMARTS) is 1. The Morgan fingerprint density at radius 3 is 2.79 bits per heavy atom. The predicted octanol–water partition coefficient (Wildman–Crippen LogP) is -0.599. The summed E-state index contributed by atoms with van der Waals surface area (Å²) in [5, 5.41) is 13.0. The first kappa shape index (κ1) is 10.8. The molecular weight excluding hydrogens is 208 g/mol. The topological polar surface area (TPSA) is 95.5 Å². The van der Waals surface area contributed by atoms with E-state index in [-0.39, 0.29) is 5.24 Å². The highest BCUT2D eigenvalue weighted by atomic mass is 32.2. The van der Waals surface area contributed by atoms with E-state index in [0.29, 0.717) is 5.75 Å². The molecule has 78 valence electrons. The second-order valence-electron chi connectivity index (χ2n) is 2.86. The molecule has 0 aromatic heterocycles. The van der Waals surface area contributed by atoms with Gasteiger partial charge < -0.3 is 15.7 Å². The molecule has 7 heteroatoms. The standard InChI is InChI=1S/C7H10N2O4S/c1-3(6(11)12)8-5(10)4-2-14-7(13)9-4/h3-4H,2H2,1H3,(H,8,10)(H,9,13)(H,11,12)/t3-,4?/m0/s1. The molecule has 0 saturated carbocycles. The number of rotatable bonds is 3. The van der Waals surface area contributed by atoms with Gasteiger partial charge in [0.2, 0.25) is 5.91 Å². The summed E-state index contributed by atoms with van der Waals surface area (Å²) in [6.45, 7) is 1.37. The molecule has 1 aliphatic heterocycles. The molecule has 1 aliphatic rings. The average Bonchev–Trinajstić information content (AvgIpc) is 2.51. The normalized spacial score (nSPS) is 22.6. The molecule has 6 nitrogen and oxygen atoms in total. The van der Waals surface area contributed by atoms with E-state index in [1.54, 1.807) is 0 Å². The molecule has 0 aromatic rings. The molecule has 3 N–H and O–H groups in total. The SMILES string of the molecule is C[C@H](NC(=O)C1CSC(=O)N1)C(=O)O. The lowest BCUT2D eigenvalue weighted by atomic mass is 10.2. The predicted molar refractivity (Wildman–Crippen MR) is 50.0 cm³/mol. The van der Waals surface area contributed by atoms with E-state index in [1.165, 1.54) is 6.92 Å². The van der Waals surface area contributed by atoms with E-state index in [9.17, 15) is 14.4 Å². The Bertz CT molecular complexity index is 281. The molecule has 14 heavy (non-hydrogen) atoms. The van der Waals surface area contributed by atoms with Crippen molar-refractivity contribution in [1.82, 2.24) is 10.6 Å². The van der Waals surface area contributed by atoms with E-state index < -0.39 is 24.0 Å². The molecular formula is C7H10N2O4S. The number of carbonyl (C=O) groups excluding carboxylic acids is 2. The molecule has 0 spiro atoms. The summed E-state index contributed by atoms with van der Waals surface area (Å²) in [5.41, 5.74) is 0. The Hall–Kier alpha value is -1.24. The fourth-order valence-corrected chi connectivity index (χ4v) is 1.68. The Balaban J connectivity index is 2.42. The summed E-state index contributed by atoms with van der Waals surface area (Å²) in [6, 6.07) is -1.56. The van der Waals surface area contributed by atoms with Crippen molar-refractivity contribution in [1.29, 1.82) is 0 Å². The van der Waals surface area contributed by atoms with Crippen molar-refractivity contribution in [2.45, 2.75) is 19.0 Å². The number of hydrogen-bond donors (Lipinski definition) is 3. The molecule has 1 unspecified atom stereocenters. The van der Waals surface area contributed by atoms with E-state index in [2.05, 4.69) is 10.6 Å². The fraction of sp³-hybridized carbons (Fsp3) is 0.571. The van der Waals surface area contributed by atoms with Crippen molar-refractivity contribution in [2.75, 3.05) is 5.75 Å². The molecule has 1 heterocycles. The van der Waals surface area contributed by atoms with Gasteiger partial charge in [-0.25, -0.2) is 0 Å². The monoisotopic (exact) mass is 218 g/mol. The van der Waals surface area contributed by atoms with E-state index in [1.807, 2.05) is 0 Å². The molecule has 2 amide bonds. The van der Waals surface area contributed by atoms with Crippen molar-refractivity contribution in [2.24, 2.45) is 0 Å². The zero-order valence-electron chi connectivity index (χ0n) is 7.44. The maximum Gasteiger partial charge on any atom is 0.325 e. The van der Waals surface area contributed by atoms with Crippen LogP contribution >= 0.6 is 11.8 Å². The zero-order valence-corrected chi connectivity index (χ0v) is 8.26. The lowest BCUT2D eigenvalue weighted by Gasteiger charge is -2.12. The van der Waals surface area contributed by atoms with E-state index in [4.69, 9.17) is 5.11 Å². The van der Waals surface area contributed by atoms with Crippen LogP contribution in [0.15, 0.2) is 0 Å². The molecule has 1 fully saturated rings. The summed E-state index contributed by atoms with van der Waals surface area (Å²) in [6.07, 6.45) is 0. The maximum absolute atomic E-state index is 11.3.